The lowest BCUT2D eigenvalue weighted by Gasteiger charge is -2.35. The number of likely N-dealkylation sites (tertiary alicyclic amines) is 1. The Morgan fingerprint density at radius 3 is 2.69 bits per heavy atom. The van der Waals surface area contributed by atoms with Crippen LogP contribution in [-0.4, -0.2) is 58.6 Å². The molecule has 0 radical (unpaired) electrons. The third-order valence-corrected chi connectivity index (χ3v) is 5.66. The summed E-state index contributed by atoms with van der Waals surface area (Å²) in [6, 6.07) is 0.388. The number of nitrogens with one attached hydrogen (secondary N) is 2. The molecule has 0 bridgehead atoms. The van der Waals surface area contributed by atoms with Crippen LogP contribution >= 0.6 is 0 Å². The van der Waals surface area contributed by atoms with Crippen LogP contribution in [0.15, 0.2) is 60.3 Å². The highest BCUT2D eigenvalue weighted by atomic mass is 19.4. The van der Waals surface area contributed by atoms with E-state index in [0.717, 1.165) is 6.20 Å². The van der Waals surface area contributed by atoms with Gasteiger partial charge in [-0.15, -0.1) is 0 Å². The fourth-order valence-electron chi connectivity index (χ4n) is 3.98. The zero-order chi connectivity index (χ0) is 22.9. The molecule has 1 aromatic rings. The lowest BCUT2D eigenvalue weighted by molar-refractivity contribution is -0.162. The minimum atomic E-state index is -4.72. The minimum absolute atomic E-state index is 0.00363. The largest absolute Gasteiger partial charge is 0.412 e. The van der Waals surface area contributed by atoms with Gasteiger partial charge in [0.25, 0.3) is 11.8 Å². The van der Waals surface area contributed by atoms with E-state index in [0.29, 0.717) is 12.2 Å². The number of allylic oxidation sites excluding steroid dienone is 3. The molecule has 3 aliphatic rings. The molecule has 4 heterocycles. The molecule has 1 amide bonds. The van der Waals surface area contributed by atoms with Gasteiger partial charge in [-0.05, 0) is 18.2 Å². The van der Waals surface area contributed by atoms with Gasteiger partial charge in [0.05, 0.1) is 5.70 Å². The molecule has 0 aliphatic carbocycles. The molecule has 4 rings (SSSR count). The number of aromatic nitrogens is 1. The number of rotatable bonds is 5. The van der Waals surface area contributed by atoms with E-state index in [9.17, 15) is 26.7 Å². The highest BCUT2D eigenvalue weighted by Gasteiger charge is 2.44. The van der Waals surface area contributed by atoms with Gasteiger partial charge in [-0.3, -0.25) is 14.7 Å². The average molecular weight is 455 g/mol. The third kappa shape index (κ3) is 4.77. The second-order valence-corrected chi connectivity index (χ2v) is 7.92. The van der Waals surface area contributed by atoms with Crippen molar-refractivity contribution in [3.8, 4) is 0 Å². The number of carbonyl (C=O) groups excluding carboxylic acids is 1. The van der Waals surface area contributed by atoms with Gasteiger partial charge in [0.1, 0.15) is 11.9 Å². The minimum Gasteiger partial charge on any atom is -0.358 e. The van der Waals surface area contributed by atoms with Crippen LogP contribution in [0.5, 0.6) is 0 Å². The van der Waals surface area contributed by atoms with Gasteiger partial charge in [-0.1, -0.05) is 12.1 Å². The van der Waals surface area contributed by atoms with Gasteiger partial charge < -0.3 is 15.5 Å². The number of pyridine rings is 1. The zero-order valence-electron chi connectivity index (χ0n) is 16.9. The van der Waals surface area contributed by atoms with Gasteiger partial charge in [-0.25, -0.2) is 8.78 Å². The maximum atomic E-state index is 13.7. The first-order valence-corrected chi connectivity index (χ1v) is 10.2. The first kappa shape index (κ1) is 22.3. The van der Waals surface area contributed by atoms with E-state index in [1.165, 1.54) is 18.3 Å². The number of hydrogen-bond donors (Lipinski definition) is 2. The van der Waals surface area contributed by atoms with Crippen molar-refractivity contribution in [1.29, 1.82) is 0 Å². The quantitative estimate of drug-likeness (QED) is 0.669. The maximum absolute atomic E-state index is 13.7. The summed E-state index contributed by atoms with van der Waals surface area (Å²) in [4.78, 5) is 20.2. The summed E-state index contributed by atoms with van der Waals surface area (Å²) in [5.41, 5.74) is 0.235. The van der Waals surface area contributed by atoms with Crippen molar-refractivity contribution in [3.63, 3.8) is 0 Å². The molecule has 0 spiro atoms. The molecule has 2 unspecified atom stereocenters. The summed E-state index contributed by atoms with van der Waals surface area (Å²) in [6.07, 6.45) is 3.45. The Hall–Kier alpha value is -2.95. The number of halogens is 5. The van der Waals surface area contributed by atoms with Crippen molar-refractivity contribution in [1.82, 2.24) is 25.4 Å². The summed E-state index contributed by atoms with van der Waals surface area (Å²) in [7, 11) is 0. The van der Waals surface area contributed by atoms with Gasteiger partial charge in [0.2, 0.25) is 0 Å². The average Bonchev–Trinajstić information content (AvgIpc) is 3.12. The van der Waals surface area contributed by atoms with Crippen LogP contribution in [0.1, 0.15) is 24.4 Å². The molecule has 1 aromatic heterocycles. The highest BCUT2D eigenvalue weighted by Crippen LogP contribution is 2.34. The summed E-state index contributed by atoms with van der Waals surface area (Å²) in [6.45, 7) is 0.735. The lowest BCUT2D eigenvalue weighted by atomic mass is 10.1. The van der Waals surface area contributed by atoms with Crippen LogP contribution < -0.4 is 10.6 Å². The SMILES string of the molecule is O=C(NC(c1cccnc1)C(F)(F)F)C1=C2C=CC=CN2C(CN2CCC(F)(F)CC2)N1. The van der Waals surface area contributed by atoms with Crippen molar-refractivity contribution in [3.05, 3.63) is 65.9 Å². The Kier molecular flexibility index (Phi) is 5.93. The van der Waals surface area contributed by atoms with Crippen molar-refractivity contribution in [2.24, 2.45) is 0 Å². The highest BCUT2D eigenvalue weighted by molar-refractivity contribution is 5.95. The molecule has 11 heteroatoms. The first-order valence-electron chi connectivity index (χ1n) is 10.2. The molecular weight excluding hydrogens is 433 g/mol. The van der Waals surface area contributed by atoms with Crippen LogP contribution in [0.4, 0.5) is 22.0 Å². The topological polar surface area (TPSA) is 60.5 Å². The van der Waals surface area contributed by atoms with Crippen LogP contribution in [-0.2, 0) is 4.79 Å². The van der Waals surface area contributed by atoms with E-state index in [4.69, 9.17) is 0 Å². The van der Waals surface area contributed by atoms with E-state index >= 15 is 0 Å². The zero-order valence-corrected chi connectivity index (χ0v) is 16.9. The first-order chi connectivity index (χ1) is 15.1. The smallest absolute Gasteiger partial charge is 0.358 e. The molecule has 2 atom stereocenters. The van der Waals surface area contributed by atoms with Gasteiger partial charge in [-0.2, -0.15) is 13.2 Å². The Balaban J connectivity index is 1.50. The van der Waals surface area contributed by atoms with E-state index in [1.807, 2.05) is 4.90 Å². The summed E-state index contributed by atoms with van der Waals surface area (Å²) < 4.78 is 67.9. The summed E-state index contributed by atoms with van der Waals surface area (Å²) in [5.74, 6) is -3.59. The Labute approximate surface area is 181 Å². The summed E-state index contributed by atoms with van der Waals surface area (Å²) in [5, 5.41) is 5.05. The number of nitrogens with zero attached hydrogens (tertiary/aromatic N) is 3. The van der Waals surface area contributed by atoms with Crippen LogP contribution in [0, 0.1) is 0 Å². The van der Waals surface area contributed by atoms with E-state index in [2.05, 4.69) is 15.6 Å². The number of alkyl halides is 5. The molecule has 0 saturated carbocycles. The monoisotopic (exact) mass is 455 g/mol. The predicted octanol–water partition coefficient (Wildman–Crippen LogP) is 3.06. The number of hydrogen-bond acceptors (Lipinski definition) is 5. The summed E-state index contributed by atoms with van der Waals surface area (Å²) >= 11 is 0. The number of fused-ring (bicyclic) bond motifs is 1. The molecule has 1 fully saturated rings. The van der Waals surface area contributed by atoms with Crippen molar-refractivity contribution >= 4 is 5.91 Å². The van der Waals surface area contributed by atoms with E-state index in [-0.39, 0.29) is 37.2 Å². The Bertz CT molecular complexity index is 934. The molecule has 6 nitrogen and oxygen atoms in total. The fraction of sp³-hybridized carbons (Fsp3) is 0.429. The van der Waals surface area contributed by atoms with Crippen molar-refractivity contribution < 1.29 is 26.7 Å². The van der Waals surface area contributed by atoms with Crippen molar-refractivity contribution in [2.45, 2.75) is 37.1 Å². The van der Waals surface area contributed by atoms with Crippen LogP contribution in [0.2, 0.25) is 0 Å². The van der Waals surface area contributed by atoms with Crippen LogP contribution in [0.25, 0.3) is 0 Å². The maximum Gasteiger partial charge on any atom is 0.412 e. The molecule has 32 heavy (non-hydrogen) atoms. The molecule has 3 aliphatic heterocycles. The predicted molar refractivity (Wildman–Crippen MR) is 106 cm³/mol. The normalized spacial score (nSPS) is 23.7. The lowest BCUT2D eigenvalue weighted by Crippen LogP contribution is -2.49. The fourth-order valence-corrected chi connectivity index (χ4v) is 3.98. The number of piperidine rings is 1. The van der Waals surface area contributed by atoms with Crippen LogP contribution in [0.3, 0.4) is 0 Å². The van der Waals surface area contributed by atoms with E-state index < -0.39 is 30.2 Å². The molecule has 172 valence electrons. The van der Waals surface area contributed by atoms with Crippen molar-refractivity contribution in [2.75, 3.05) is 19.6 Å². The standard InChI is InChI=1S/C21H22F5N5O/c22-20(23)6-10-30(11-7-20)13-16-28-17(15-5-1-2-9-31(15)16)19(32)29-18(21(24,25)26)14-4-3-8-27-12-14/h1-5,8-9,12,16,18,28H,6-7,10-11,13H2,(H,29,32). The Morgan fingerprint density at radius 1 is 1.28 bits per heavy atom. The third-order valence-electron chi connectivity index (χ3n) is 5.66. The molecular formula is C21H22F5N5O. The van der Waals surface area contributed by atoms with Gasteiger partial charge >= 0.3 is 6.18 Å². The number of carbonyl (C=O) groups is 1. The number of amides is 1. The second-order valence-electron chi connectivity index (χ2n) is 7.92. The Morgan fingerprint density at radius 2 is 2.03 bits per heavy atom. The van der Waals surface area contributed by atoms with Gasteiger partial charge in [0.15, 0.2) is 6.04 Å². The molecule has 2 N–H and O–H groups in total. The molecule has 1 saturated heterocycles. The molecule has 0 aromatic carbocycles. The second kappa shape index (κ2) is 8.53. The van der Waals surface area contributed by atoms with E-state index in [1.54, 1.807) is 29.3 Å². The van der Waals surface area contributed by atoms with Gasteiger partial charge in [0, 0.05) is 56.6 Å².